The van der Waals surface area contributed by atoms with Crippen LogP contribution in [-0.2, 0) is 48.1 Å². The maximum atomic E-state index is 9.37. The van der Waals surface area contributed by atoms with E-state index in [9.17, 15) is 5.48 Å². The van der Waals surface area contributed by atoms with Crippen molar-refractivity contribution in [2.45, 2.75) is 131 Å². The van der Waals surface area contributed by atoms with Crippen LogP contribution in [0.4, 0.5) is 22.7 Å². The van der Waals surface area contributed by atoms with Crippen LogP contribution >= 0.6 is 0 Å². The summed E-state index contributed by atoms with van der Waals surface area (Å²) in [5.74, 6) is 2.64. The molecule has 0 saturated heterocycles. The van der Waals surface area contributed by atoms with E-state index in [1.165, 1.54) is 22.3 Å². The summed E-state index contributed by atoms with van der Waals surface area (Å²) in [6, 6.07) is 54.9. The number of rotatable bonds is 11. The summed E-state index contributed by atoms with van der Waals surface area (Å²) in [5.41, 5.74) is 12.1. The molecule has 1 aliphatic rings. The molecule has 7 heteroatoms. The number of aromatic nitrogens is 2. The monoisotopic (exact) mass is 1410 g/mol. The molecule has 0 saturated carbocycles. The molecule has 0 atom stereocenters. The van der Waals surface area contributed by atoms with Crippen LogP contribution < -0.4 is 19.3 Å². The van der Waals surface area contributed by atoms with Gasteiger partial charge in [0, 0.05) is 89.7 Å². The van der Waals surface area contributed by atoms with Gasteiger partial charge < -0.3 is 23.8 Å². The number of nitrogens with zero attached hydrogens (tertiary/aromatic N) is 4. The largest absolute Gasteiger partial charge is 0.509 e. The number of anilines is 4. The van der Waals surface area contributed by atoms with Crippen molar-refractivity contribution >= 4 is 44.6 Å². The molecule has 0 aliphatic carbocycles. The molecule has 0 unspecified atom stereocenters. The molecular weight excluding hydrogens is 1320 g/mol. The fourth-order valence-electron chi connectivity index (χ4n) is 12.0. The molecule has 0 amide bonds. The Kier molecular flexibility index (Phi) is 13.8. The van der Waals surface area contributed by atoms with Gasteiger partial charge in [-0.3, -0.25) is 0 Å². The zero-order valence-electron chi connectivity index (χ0n) is 65.6. The molecule has 0 radical (unpaired) electrons. The predicted molar refractivity (Wildman–Crippen MR) is 386 cm³/mol. The van der Waals surface area contributed by atoms with Gasteiger partial charge in [-0.05, 0) is 119 Å². The molecule has 2 aromatic heterocycles. The van der Waals surface area contributed by atoms with Gasteiger partial charge in [-0.15, -0.1) is 48.1 Å². The summed E-state index contributed by atoms with van der Waals surface area (Å²) < 4.78 is 106. The van der Waals surface area contributed by atoms with Crippen LogP contribution in [0.3, 0.4) is 0 Å². The first-order valence-corrected chi connectivity index (χ1v) is 31.5. The van der Waals surface area contributed by atoms with Crippen molar-refractivity contribution in [3.8, 4) is 73.3 Å². The average molecular weight is 1410 g/mol. The number of para-hydroxylation sites is 4. The first-order chi connectivity index (χ1) is 47.9. The molecule has 1 aliphatic heterocycles. The quantitative estimate of drug-likeness (QED) is 0.121. The van der Waals surface area contributed by atoms with E-state index in [0.29, 0.717) is 51.2 Å². The van der Waals surface area contributed by atoms with E-state index in [4.69, 9.17) is 22.7 Å². The average Bonchev–Trinajstić information content (AvgIpc) is 1.73. The van der Waals surface area contributed by atoms with Crippen LogP contribution in [0.15, 0.2) is 224 Å². The van der Waals surface area contributed by atoms with Gasteiger partial charge in [0.1, 0.15) is 17.3 Å². The molecule has 12 aromatic rings. The molecular formula is C86H83N4O2Pt-3. The Bertz CT molecular complexity index is 5090. The number of hydrogen-bond acceptors (Lipinski definition) is 5. The number of ether oxygens (including phenoxy) is 2. The minimum Gasteiger partial charge on any atom is -0.509 e. The van der Waals surface area contributed by atoms with E-state index in [1.807, 2.05) is 98.5 Å². The van der Waals surface area contributed by atoms with Gasteiger partial charge in [-0.1, -0.05) is 255 Å². The van der Waals surface area contributed by atoms with Gasteiger partial charge in [0.2, 0.25) is 0 Å². The van der Waals surface area contributed by atoms with Crippen LogP contribution in [0.2, 0.25) is 0 Å². The second kappa shape index (κ2) is 24.5. The van der Waals surface area contributed by atoms with Crippen LogP contribution in [0.25, 0.3) is 72.1 Å². The third kappa shape index (κ3) is 12.8. The summed E-state index contributed by atoms with van der Waals surface area (Å²) in [6.07, 6.45) is 1.78. The molecule has 10 aromatic carbocycles. The maximum absolute atomic E-state index is 9.37. The third-order valence-electron chi connectivity index (χ3n) is 17.3. The predicted octanol–water partition coefficient (Wildman–Crippen LogP) is 23.9. The second-order valence-corrected chi connectivity index (χ2v) is 29.2. The van der Waals surface area contributed by atoms with Crippen LogP contribution in [0.1, 0.15) is 145 Å². The molecule has 0 N–H and O–H groups in total. The van der Waals surface area contributed by atoms with Gasteiger partial charge in [0.25, 0.3) is 0 Å². The number of pyridine rings is 1. The van der Waals surface area contributed by atoms with Crippen molar-refractivity contribution in [1.29, 1.82) is 0 Å². The van der Waals surface area contributed by atoms with Crippen LogP contribution in [-0.4, -0.2) is 9.55 Å². The summed E-state index contributed by atoms with van der Waals surface area (Å²) >= 11 is 0. The fraction of sp³-hybridized carbons (Fsp3) is 0.233. The number of hydrogen-bond donors (Lipinski definition) is 0. The van der Waals surface area contributed by atoms with Gasteiger partial charge in [0.15, 0.2) is 0 Å². The third-order valence-corrected chi connectivity index (χ3v) is 17.3. The Morgan fingerprint density at radius 1 is 0.419 bits per heavy atom. The second-order valence-electron chi connectivity index (χ2n) is 29.2. The summed E-state index contributed by atoms with van der Waals surface area (Å²) in [7, 11) is 0. The Hall–Kier alpha value is -8.96. The van der Waals surface area contributed by atoms with Crippen LogP contribution in [0, 0.1) is 18.8 Å². The molecule has 0 fully saturated rings. The van der Waals surface area contributed by atoms with E-state index in [2.05, 4.69) is 167 Å². The molecule has 6 nitrogen and oxygen atoms in total. The summed E-state index contributed by atoms with van der Waals surface area (Å²) in [5, 5.41) is 1.90. The minimum atomic E-state index is -0.653. The van der Waals surface area contributed by atoms with Gasteiger partial charge in [0.05, 0.1) is 13.7 Å². The molecule has 0 bridgehead atoms. The Morgan fingerprint density at radius 2 is 0.903 bits per heavy atom. The smallest absolute Gasteiger partial charge is 0.143 e. The van der Waals surface area contributed by atoms with Crippen molar-refractivity contribution in [3.63, 3.8) is 0 Å². The Labute approximate surface area is 580 Å². The molecule has 93 heavy (non-hydrogen) atoms. The number of fused-ring (bicyclic) bond motifs is 4. The van der Waals surface area contributed by atoms with Crippen LogP contribution in [0.5, 0.6) is 23.0 Å². The van der Waals surface area contributed by atoms with Gasteiger partial charge in [-0.25, -0.2) is 4.98 Å². The minimum absolute atomic E-state index is 0. The van der Waals surface area contributed by atoms with Gasteiger partial charge >= 0.3 is 0 Å². The van der Waals surface area contributed by atoms with Crippen molar-refractivity contribution in [2.75, 3.05) is 9.80 Å². The van der Waals surface area contributed by atoms with Gasteiger partial charge in [-0.2, -0.15) is 12.1 Å². The van der Waals surface area contributed by atoms with Crippen molar-refractivity contribution in [2.24, 2.45) is 0 Å². The first kappa shape index (κ1) is 52.5. The first-order valence-electron chi connectivity index (χ1n) is 36.5. The fourth-order valence-corrected chi connectivity index (χ4v) is 12.0. The van der Waals surface area contributed by atoms with E-state index < -0.39 is 65.8 Å². The van der Waals surface area contributed by atoms with E-state index in [0.717, 1.165) is 44.3 Å². The number of benzene rings is 10. The Morgan fingerprint density at radius 3 is 1.44 bits per heavy atom. The molecule has 0 spiro atoms. The maximum Gasteiger partial charge on any atom is 0.143 e. The summed E-state index contributed by atoms with van der Waals surface area (Å²) in [4.78, 5) is 8.73. The Balaban J connectivity index is 0.00001000. The molecule has 13 rings (SSSR count). The summed E-state index contributed by atoms with van der Waals surface area (Å²) in [6.45, 7) is 34.8. The van der Waals surface area contributed by atoms with E-state index >= 15 is 0 Å². The zero-order valence-corrected chi connectivity index (χ0v) is 57.9. The van der Waals surface area contributed by atoms with Crippen molar-refractivity contribution in [1.82, 2.24) is 9.55 Å². The van der Waals surface area contributed by atoms with E-state index in [1.54, 1.807) is 36.0 Å². The zero-order chi connectivity index (χ0) is 73.4. The topological polar surface area (TPSA) is 42.8 Å². The van der Waals surface area contributed by atoms with Crippen molar-refractivity contribution in [3.05, 3.63) is 271 Å². The standard InChI is InChI=1S/C86H83N4O2.Pt/c1-82(2,3)60-44-58(45-61(48-60)83(4,5)6)69-35-27-36-70(59-46-62(84(7,8)9)49-63(47-59)85(10,11)12)81(69)92-68-42-43-87-79(54-68)90-75-37-23-22-34-71(75)72-41-40-67(53-78(72)90)91-66-33-26-32-65(52-66)88-55-89(77-39-25-24-38-76(77)88)80-73(56-28-18-16-19-29-56)50-64(86(13,14)15)51-74(80)57-30-20-17-21-31-57;/h16-51,54-55H,1-15H3;/q-3;/i16D,17D,18D,19D,20D,21D,28D,29D,30D,31D;. The van der Waals surface area contributed by atoms with E-state index in [-0.39, 0.29) is 70.7 Å². The molecule has 472 valence electrons. The normalized spacial score (nSPS) is 14.4. The van der Waals surface area contributed by atoms with Crippen molar-refractivity contribution < 1.29 is 44.2 Å². The SMILES string of the molecule is [2H]c1c([2H])c([2H])c(-c2cc(C(C)(C)C)cc(-c3c([2H])c([2H])c([2H])c([2H])c3[2H])c2N2[CH-]N(c3[c-]c(Oc4[c-]c5c(cc4)c4ccccc4n5-c4cc(Oc5c(-c6cc(C(C)(C)C)cc(C(C)(C)C)c6)cccc5-c5cc(C(C)(C)C)cc(C(C)(C)C)c5)ccn4)ccc3)c3ccccc32)c([2H])c1[2H].[Pt]. The molecule has 3 heterocycles.